The lowest BCUT2D eigenvalue weighted by Gasteiger charge is -2.21. The summed E-state index contributed by atoms with van der Waals surface area (Å²) < 4.78 is 0. The monoisotopic (exact) mass is 395 g/mol. The number of carbonyl (C=O) groups excluding carboxylic acids is 2. The maximum atomic E-state index is 12.8. The molecule has 29 heavy (non-hydrogen) atoms. The maximum absolute atomic E-state index is 12.8. The minimum atomic E-state index is -0.560. The second-order valence-corrected chi connectivity index (χ2v) is 8.24. The molecule has 1 atom stereocenters. The smallest absolute Gasteiger partial charge is 0.252 e. The Kier molecular flexibility index (Phi) is 8.40. The third-order valence-electron chi connectivity index (χ3n) is 4.71. The number of nitrogens with one attached hydrogen (secondary N) is 2. The Morgan fingerprint density at radius 2 is 1.59 bits per heavy atom. The Balaban J connectivity index is 1.99. The van der Waals surface area contributed by atoms with Gasteiger partial charge in [0.25, 0.3) is 5.91 Å². The molecule has 0 aliphatic carbocycles. The summed E-state index contributed by atoms with van der Waals surface area (Å²) in [5.74, 6) is -0.0804. The van der Waals surface area contributed by atoms with Gasteiger partial charge >= 0.3 is 0 Å². The highest BCUT2D eigenvalue weighted by atomic mass is 16.2. The zero-order valence-corrected chi connectivity index (χ0v) is 18.2. The summed E-state index contributed by atoms with van der Waals surface area (Å²) in [4.78, 5) is 27.6. The van der Waals surface area contributed by atoms with Crippen molar-refractivity contribution in [1.82, 2.24) is 15.5 Å². The summed E-state index contributed by atoms with van der Waals surface area (Å²) in [7, 11) is 4.07. The van der Waals surface area contributed by atoms with Crippen molar-refractivity contribution < 1.29 is 9.59 Å². The number of rotatable bonds is 9. The molecule has 5 nitrogen and oxygen atoms in total. The van der Waals surface area contributed by atoms with Crippen LogP contribution in [0.1, 0.15) is 47.3 Å². The van der Waals surface area contributed by atoms with Gasteiger partial charge in [-0.3, -0.25) is 9.59 Å². The van der Waals surface area contributed by atoms with Gasteiger partial charge in [0.2, 0.25) is 5.91 Å². The van der Waals surface area contributed by atoms with E-state index in [4.69, 9.17) is 0 Å². The van der Waals surface area contributed by atoms with E-state index in [2.05, 4.69) is 27.7 Å². The molecule has 5 heteroatoms. The molecule has 2 amide bonds. The summed E-state index contributed by atoms with van der Waals surface area (Å²) in [5.41, 5.74) is 3.76. The largest absolute Gasteiger partial charge is 0.350 e. The first-order valence-corrected chi connectivity index (χ1v) is 10.1. The SMILES string of the molecule is Cc1ccccc1C(=O)NC(CC(C)C)C(=O)NCc1ccc(CN(C)C)cc1. The lowest BCUT2D eigenvalue weighted by Crippen LogP contribution is -2.47. The van der Waals surface area contributed by atoms with Crippen LogP contribution in [-0.4, -0.2) is 36.9 Å². The van der Waals surface area contributed by atoms with E-state index in [9.17, 15) is 9.59 Å². The van der Waals surface area contributed by atoms with Crippen molar-refractivity contribution in [2.45, 2.75) is 46.3 Å². The Bertz CT molecular complexity index is 813. The molecule has 0 bridgehead atoms. The molecule has 0 radical (unpaired) electrons. The quantitative estimate of drug-likeness (QED) is 0.683. The van der Waals surface area contributed by atoms with Gasteiger partial charge < -0.3 is 15.5 Å². The Hall–Kier alpha value is -2.66. The number of benzene rings is 2. The minimum absolute atomic E-state index is 0.155. The van der Waals surface area contributed by atoms with Crippen LogP contribution >= 0.6 is 0 Å². The maximum Gasteiger partial charge on any atom is 0.252 e. The Morgan fingerprint density at radius 1 is 0.966 bits per heavy atom. The van der Waals surface area contributed by atoms with Crippen molar-refractivity contribution in [2.75, 3.05) is 14.1 Å². The molecular weight excluding hydrogens is 362 g/mol. The van der Waals surface area contributed by atoms with Gasteiger partial charge in [-0.25, -0.2) is 0 Å². The van der Waals surface area contributed by atoms with Gasteiger partial charge in [0, 0.05) is 18.7 Å². The summed E-state index contributed by atoms with van der Waals surface area (Å²) >= 11 is 0. The second-order valence-electron chi connectivity index (χ2n) is 8.24. The standard InChI is InChI=1S/C24H33N3O2/c1-17(2)14-22(26-23(28)21-9-7-6-8-18(21)3)24(29)25-15-19-10-12-20(13-11-19)16-27(4)5/h6-13,17,22H,14-16H2,1-5H3,(H,25,29)(H,26,28). The van der Waals surface area contributed by atoms with Crippen LogP contribution in [0.25, 0.3) is 0 Å². The van der Waals surface area contributed by atoms with Gasteiger partial charge in [0.15, 0.2) is 0 Å². The molecule has 156 valence electrons. The van der Waals surface area contributed by atoms with Crippen LogP contribution in [0, 0.1) is 12.8 Å². The van der Waals surface area contributed by atoms with Crippen LogP contribution in [0.15, 0.2) is 48.5 Å². The zero-order valence-electron chi connectivity index (χ0n) is 18.2. The molecule has 2 aromatic carbocycles. The first kappa shape index (κ1) is 22.6. The third-order valence-corrected chi connectivity index (χ3v) is 4.71. The van der Waals surface area contributed by atoms with E-state index in [1.54, 1.807) is 6.07 Å². The predicted octanol–water partition coefficient (Wildman–Crippen LogP) is 3.52. The number of hydrogen-bond donors (Lipinski definition) is 2. The Labute approximate surface area is 174 Å². The molecule has 0 spiro atoms. The van der Waals surface area contributed by atoms with E-state index in [-0.39, 0.29) is 17.7 Å². The molecule has 0 fully saturated rings. The number of aryl methyl sites for hydroxylation is 1. The Morgan fingerprint density at radius 3 is 2.17 bits per heavy atom. The summed E-state index contributed by atoms with van der Waals surface area (Å²) in [6.07, 6.45) is 0.589. The van der Waals surface area contributed by atoms with Crippen LogP contribution in [0.5, 0.6) is 0 Å². The number of amides is 2. The average molecular weight is 396 g/mol. The molecule has 0 aromatic heterocycles. The van der Waals surface area contributed by atoms with Gasteiger partial charge in [0.1, 0.15) is 6.04 Å². The molecule has 1 unspecified atom stereocenters. The number of nitrogens with zero attached hydrogens (tertiary/aromatic N) is 1. The topological polar surface area (TPSA) is 61.4 Å². The predicted molar refractivity (Wildman–Crippen MR) is 118 cm³/mol. The first-order valence-electron chi connectivity index (χ1n) is 10.1. The van der Waals surface area contributed by atoms with Gasteiger partial charge in [-0.05, 0) is 56.1 Å². The fraction of sp³-hybridized carbons (Fsp3) is 0.417. The molecule has 2 aromatic rings. The van der Waals surface area contributed by atoms with Crippen LogP contribution < -0.4 is 10.6 Å². The molecule has 0 saturated heterocycles. The van der Waals surface area contributed by atoms with E-state index in [1.165, 1.54) is 5.56 Å². The number of carbonyl (C=O) groups is 2. The molecule has 0 saturated carbocycles. The van der Waals surface area contributed by atoms with E-state index in [0.29, 0.717) is 18.5 Å². The molecule has 0 heterocycles. The lowest BCUT2D eigenvalue weighted by molar-refractivity contribution is -0.123. The van der Waals surface area contributed by atoms with Crippen LogP contribution in [-0.2, 0) is 17.9 Å². The fourth-order valence-electron chi connectivity index (χ4n) is 3.21. The van der Waals surface area contributed by atoms with Crippen LogP contribution in [0.3, 0.4) is 0 Å². The van der Waals surface area contributed by atoms with Gasteiger partial charge in [-0.15, -0.1) is 0 Å². The summed E-state index contributed by atoms with van der Waals surface area (Å²) in [6, 6.07) is 15.1. The summed E-state index contributed by atoms with van der Waals surface area (Å²) in [6.45, 7) is 7.31. The molecular formula is C24H33N3O2. The van der Waals surface area contributed by atoms with Gasteiger partial charge in [0.05, 0.1) is 0 Å². The first-order chi connectivity index (χ1) is 13.8. The molecule has 0 aliphatic rings. The van der Waals surface area contributed by atoms with Crippen molar-refractivity contribution in [3.8, 4) is 0 Å². The number of hydrogen-bond acceptors (Lipinski definition) is 3. The van der Waals surface area contributed by atoms with Gasteiger partial charge in [-0.2, -0.15) is 0 Å². The molecule has 2 N–H and O–H groups in total. The van der Waals surface area contributed by atoms with Crippen molar-refractivity contribution in [3.05, 3.63) is 70.8 Å². The van der Waals surface area contributed by atoms with Crippen LogP contribution in [0.2, 0.25) is 0 Å². The fourth-order valence-corrected chi connectivity index (χ4v) is 3.21. The van der Waals surface area contributed by atoms with Crippen molar-refractivity contribution in [2.24, 2.45) is 5.92 Å². The van der Waals surface area contributed by atoms with Gasteiger partial charge in [-0.1, -0.05) is 56.3 Å². The highest BCUT2D eigenvalue weighted by Gasteiger charge is 2.23. The van der Waals surface area contributed by atoms with Crippen LogP contribution in [0.4, 0.5) is 0 Å². The van der Waals surface area contributed by atoms with E-state index in [1.807, 2.05) is 65.2 Å². The van der Waals surface area contributed by atoms with E-state index >= 15 is 0 Å². The normalized spacial score (nSPS) is 12.1. The average Bonchev–Trinajstić information content (AvgIpc) is 2.66. The molecule has 0 aliphatic heterocycles. The highest BCUT2D eigenvalue weighted by Crippen LogP contribution is 2.11. The highest BCUT2D eigenvalue weighted by molar-refractivity contribution is 5.98. The third kappa shape index (κ3) is 7.35. The lowest BCUT2D eigenvalue weighted by atomic mass is 10.0. The van der Waals surface area contributed by atoms with E-state index in [0.717, 1.165) is 17.7 Å². The summed E-state index contributed by atoms with van der Waals surface area (Å²) in [5, 5.41) is 5.89. The molecule has 2 rings (SSSR count). The second kappa shape index (κ2) is 10.8. The minimum Gasteiger partial charge on any atom is -0.350 e. The van der Waals surface area contributed by atoms with Crippen molar-refractivity contribution in [1.29, 1.82) is 0 Å². The van der Waals surface area contributed by atoms with Crippen molar-refractivity contribution >= 4 is 11.8 Å². The van der Waals surface area contributed by atoms with Crippen molar-refractivity contribution in [3.63, 3.8) is 0 Å². The van der Waals surface area contributed by atoms with E-state index < -0.39 is 6.04 Å². The zero-order chi connectivity index (χ0) is 21.4.